The van der Waals surface area contributed by atoms with Crippen molar-refractivity contribution in [3.63, 3.8) is 0 Å². The molecule has 110 valence electrons. The highest BCUT2D eigenvalue weighted by atomic mass is 35.5. The second-order valence-electron chi connectivity index (χ2n) is 5.43. The van der Waals surface area contributed by atoms with Gasteiger partial charge in [0.2, 0.25) is 0 Å². The molecule has 0 radical (unpaired) electrons. The fraction of sp³-hybridized carbons (Fsp3) is 0.294. The average Bonchev–Trinajstić information content (AvgIpc) is 2.51. The maximum absolute atomic E-state index is 6.18. The van der Waals surface area contributed by atoms with Crippen molar-refractivity contribution in [3.8, 4) is 0 Å². The monoisotopic (exact) mass is 339 g/mol. The van der Waals surface area contributed by atoms with Crippen LogP contribution in [-0.2, 0) is 0 Å². The van der Waals surface area contributed by atoms with Gasteiger partial charge in [-0.05, 0) is 54.3 Å². The van der Waals surface area contributed by atoms with Gasteiger partial charge >= 0.3 is 0 Å². The van der Waals surface area contributed by atoms with E-state index in [1.165, 1.54) is 11.1 Å². The molecule has 4 heteroatoms. The smallest absolute Gasteiger partial charge is 0.0595 e. The summed E-state index contributed by atoms with van der Waals surface area (Å²) in [5.41, 5.74) is 2.56. The molecule has 1 N–H and O–H groups in total. The molecule has 1 aliphatic heterocycles. The Bertz CT molecular complexity index is 624. The first-order chi connectivity index (χ1) is 10.1. The summed E-state index contributed by atoms with van der Waals surface area (Å²) in [5, 5.41) is 5.49. The van der Waals surface area contributed by atoms with Gasteiger partial charge in [0.05, 0.1) is 10.0 Å². The second kappa shape index (κ2) is 6.58. The first kappa shape index (κ1) is 15.2. The zero-order valence-electron chi connectivity index (χ0n) is 11.5. The van der Waals surface area contributed by atoms with Crippen LogP contribution in [0.4, 0.5) is 0 Å². The summed E-state index contributed by atoms with van der Waals surface area (Å²) in [6.07, 6.45) is 1.09. The Balaban J connectivity index is 1.94. The molecule has 2 aromatic carbocycles. The molecule has 1 fully saturated rings. The van der Waals surface area contributed by atoms with Gasteiger partial charge in [-0.1, -0.05) is 53.0 Å². The summed E-state index contributed by atoms with van der Waals surface area (Å²) >= 11 is 18.2. The topological polar surface area (TPSA) is 12.0 Å². The molecule has 0 saturated carbocycles. The van der Waals surface area contributed by atoms with Gasteiger partial charge in [-0.15, -0.1) is 0 Å². The van der Waals surface area contributed by atoms with E-state index in [1.54, 1.807) is 0 Å². The van der Waals surface area contributed by atoms with Crippen molar-refractivity contribution >= 4 is 34.8 Å². The van der Waals surface area contributed by atoms with Crippen LogP contribution in [0.15, 0.2) is 42.5 Å². The van der Waals surface area contributed by atoms with E-state index in [4.69, 9.17) is 34.8 Å². The SMILES string of the molecule is Clc1ccc(C2CNCCC2c2ccc(Cl)c(Cl)c2)cc1. The highest BCUT2D eigenvalue weighted by molar-refractivity contribution is 6.42. The molecule has 3 rings (SSSR count). The lowest BCUT2D eigenvalue weighted by Gasteiger charge is -2.33. The lowest BCUT2D eigenvalue weighted by atomic mass is 9.77. The first-order valence-corrected chi connectivity index (χ1v) is 8.19. The number of benzene rings is 2. The van der Waals surface area contributed by atoms with Gasteiger partial charge in [-0.25, -0.2) is 0 Å². The molecule has 0 aliphatic carbocycles. The Labute approximate surface area is 140 Å². The van der Waals surface area contributed by atoms with Gasteiger partial charge in [0.25, 0.3) is 0 Å². The standard InChI is InChI=1S/C17H16Cl3N/c18-13-4-1-11(2-5-13)15-10-21-8-7-14(15)12-3-6-16(19)17(20)9-12/h1-6,9,14-15,21H,7-8,10H2. The van der Waals surface area contributed by atoms with Gasteiger partial charge < -0.3 is 5.32 Å². The normalized spacial score (nSPS) is 22.2. The fourth-order valence-corrected chi connectivity index (χ4v) is 3.49. The molecule has 0 amide bonds. The minimum Gasteiger partial charge on any atom is -0.316 e. The van der Waals surface area contributed by atoms with Crippen molar-refractivity contribution in [3.05, 3.63) is 68.7 Å². The van der Waals surface area contributed by atoms with Crippen molar-refractivity contribution < 1.29 is 0 Å². The summed E-state index contributed by atoms with van der Waals surface area (Å²) in [6.45, 7) is 1.99. The number of nitrogens with one attached hydrogen (secondary N) is 1. The number of piperidine rings is 1. The van der Waals surface area contributed by atoms with Crippen molar-refractivity contribution in [1.82, 2.24) is 5.32 Å². The van der Waals surface area contributed by atoms with E-state index in [0.717, 1.165) is 24.5 Å². The number of hydrogen-bond donors (Lipinski definition) is 1. The molecule has 0 bridgehead atoms. The van der Waals surface area contributed by atoms with Crippen molar-refractivity contribution in [1.29, 1.82) is 0 Å². The van der Waals surface area contributed by atoms with Crippen molar-refractivity contribution in [2.75, 3.05) is 13.1 Å². The third-order valence-corrected chi connectivity index (χ3v) is 5.14. The second-order valence-corrected chi connectivity index (χ2v) is 6.68. The maximum Gasteiger partial charge on any atom is 0.0595 e. The summed E-state index contributed by atoms with van der Waals surface area (Å²) in [6, 6.07) is 14.1. The summed E-state index contributed by atoms with van der Waals surface area (Å²) in [4.78, 5) is 0. The Kier molecular flexibility index (Phi) is 4.75. The van der Waals surface area contributed by atoms with Gasteiger partial charge in [-0.2, -0.15) is 0 Å². The van der Waals surface area contributed by atoms with E-state index < -0.39 is 0 Å². The molecule has 1 saturated heterocycles. The molecular weight excluding hydrogens is 325 g/mol. The van der Waals surface area contributed by atoms with E-state index in [2.05, 4.69) is 23.5 Å². The third kappa shape index (κ3) is 3.37. The van der Waals surface area contributed by atoms with Gasteiger partial charge in [-0.3, -0.25) is 0 Å². The van der Waals surface area contributed by atoms with Gasteiger partial charge in [0, 0.05) is 17.5 Å². The van der Waals surface area contributed by atoms with Crippen LogP contribution in [0.2, 0.25) is 15.1 Å². The highest BCUT2D eigenvalue weighted by Crippen LogP contribution is 2.39. The predicted molar refractivity (Wildman–Crippen MR) is 90.9 cm³/mol. The maximum atomic E-state index is 6.18. The van der Waals surface area contributed by atoms with Crippen LogP contribution in [0.3, 0.4) is 0 Å². The number of halogens is 3. The molecule has 21 heavy (non-hydrogen) atoms. The van der Waals surface area contributed by atoms with Crippen LogP contribution in [0.5, 0.6) is 0 Å². The zero-order valence-corrected chi connectivity index (χ0v) is 13.7. The van der Waals surface area contributed by atoms with E-state index in [9.17, 15) is 0 Å². The molecule has 1 nitrogen and oxygen atoms in total. The van der Waals surface area contributed by atoms with Crippen LogP contribution in [0, 0.1) is 0 Å². The lowest BCUT2D eigenvalue weighted by Crippen LogP contribution is -2.34. The quantitative estimate of drug-likeness (QED) is 0.760. The Hall–Kier alpha value is -0.730. The highest BCUT2D eigenvalue weighted by Gasteiger charge is 2.28. The lowest BCUT2D eigenvalue weighted by molar-refractivity contribution is 0.404. The van der Waals surface area contributed by atoms with E-state index in [0.29, 0.717) is 21.9 Å². The molecule has 2 unspecified atom stereocenters. The minimum atomic E-state index is 0.424. The zero-order chi connectivity index (χ0) is 14.8. The predicted octanol–water partition coefficient (Wildman–Crippen LogP) is 5.51. The van der Waals surface area contributed by atoms with Crippen molar-refractivity contribution in [2.24, 2.45) is 0 Å². The Morgan fingerprint density at radius 2 is 1.52 bits per heavy atom. The molecule has 1 aliphatic rings. The molecule has 1 heterocycles. The average molecular weight is 341 g/mol. The van der Waals surface area contributed by atoms with Crippen molar-refractivity contribution in [2.45, 2.75) is 18.3 Å². The largest absolute Gasteiger partial charge is 0.316 e. The molecule has 2 aromatic rings. The van der Waals surface area contributed by atoms with Gasteiger partial charge in [0.1, 0.15) is 0 Å². The van der Waals surface area contributed by atoms with Crippen LogP contribution in [0.1, 0.15) is 29.4 Å². The summed E-state index contributed by atoms with van der Waals surface area (Å²) < 4.78 is 0. The molecule has 0 spiro atoms. The summed E-state index contributed by atoms with van der Waals surface area (Å²) in [7, 11) is 0. The molecular formula is C17H16Cl3N. The van der Waals surface area contributed by atoms with Crippen LogP contribution >= 0.6 is 34.8 Å². The van der Waals surface area contributed by atoms with Gasteiger partial charge in [0.15, 0.2) is 0 Å². The van der Waals surface area contributed by atoms with Crippen LogP contribution in [-0.4, -0.2) is 13.1 Å². The third-order valence-electron chi connectivity index (χ3n) is 4.15. The number of rotatable bonds is 2. The first-order valence-electron chi connectivity index (χ1n) is 7.06. The molecule has 0 aromatic heterocycles. The summed E-state index contributed by atoms with van der Waals surface area (Å²) in [5.74, 6) is 0.871. The van der Waals surface area contributed by atoms with Crippen LogP contribution < -0.4 is 5.32 Å². The number of hydrogen-bond acceptors (Lipinski definition) is 1. The Morgan fingerprint density at radius 3 is 2.24 bits per heavy atom. The minimum absolute atomic E-state index is 0.424. The van der Waals surface area contributed by atoms with E-state index >= 15 is 0 Å². The fourth-order valence-electron chi connectivity index (χ4n) is 3.06. The van der Waals surface area contributed by atoms with E-state index in [1.807, 2.05) is 24.3 Å². The molecule has 2 atom stereocenters. The van der Waals surface area contributed by atoms with E-state index in [-0.39, 0.29) is 0 Å². The van der Waals surface area contributed by atoms with Crippen LogP contribution in [0.25, 0.3) is 0 Å². The Morgan fingerprint density at radius 1 is 0.810 bits per heavy atom.